The van der Waals surface area contributed by atoms with Crippen LogP contribution in [0.25, 0.3) is 5.69 Å². The zero-order valence-corrected chi connectivity index (χ0v) is 17.9. The van der Waals surface area contributed by atoms with Crippen LogP contribution in [0.4, 0.5) is 4.39 Å². The van der Waals surface area contributed by atoms with Gasteiger partial charge >= 0.3 is 0 Å². The number of halogens is 1. The number of carbonyl (C=O) groups is 1. The van der Waals surface area contributed by atoms with E-state index >= 15 is 0 Å². The summed E-state index contributed by atoms with van der Waals surface area (Å²) in [6.07, 6.45) is 2.16. The van der Waals surface area contributed by atoms with Crippen LogP contribution in [-0.4, -0.2) is 39.5 Å². The van der Waals surface area contributed by atoms with Crippen molar-refractivity contribution >= 4 is 11.7 Å². The van der Waals surface area contributed by atoms with Gasteiger partial charge in [0.1, 0.15) is 23.0 Å². The lowest BCUT2D eigenvalue weighted by Crippen LogP contribution is -2.29. The summed E-state index contributed by atoms with van der Waals surface area (Å²) in [6, 6.07) is 13.3. The van der Waals surface area contributed by atoms with Crippen LogP contribution in [0.1, 0.15) is 29.3 Å². The SMILES string of the molecule is C=CC(=O)N1CC[C@H](c2nn(-c3ccc(Oc4cccc(F)c4)cc3)c3c2CNN=C3N)C1. The minimum absolute atomic E-state index is 0.0705. The van der Waals surface area contributed by atoms with Gasteiger partial charge in [-0.05, 0) is 48.9 Å². The number of rotatable bonds is 5. The van der Waals surface area contributed by atoms with Crippen LogP contribution in [0.2, 0.25) is 0 Å². The van der Waals surface area contributed by atoms with Gasteiger partial charge in [-0.25, -0.2) is 9.07 Å². The van der Waals surface area contributed by atoms with Crippen LogP contribution in [0, 0.1) is 5.82 Å². The van der Waals surface area contributed by atoms with Crippen LogP contribution < -0.4 is 15.9 Å². The number of hydrazone groups is 1. The van der Waals surface area contributed by atoms with E-state index in [1.54, 1.807) is 33.8 Å². The Bertz CT molecular complexity index is 1250. The lowest BCUT2D eigenvalue weighted by Gasteiger charge is -2.16. The molecule has 0 aliphatic carbocycles. The lowest BCUT2D eigenvalue weighted by atomic mass is 9.98. The van der Waals surface area contributed by atoms with Gasteiger partial charge in [0.25, 0.3) is 0 Å². The standard InChI is InChI=1S/C24H23FN6O2/c1-2-21(32)30-11-10-15(14-30)22-20-13-27-28-24(26)23(20)31(29-22)17-6-8-18(9-7-17)33-19-5-3-4-16(25)12-19/h2-9,12,15,27H,1,10-11,13-14H2,(H2,26,28)/t15-/m0/s1. The van der Waals surface area contributed by atoms with E-state index in [0.29, 0.717) is 37.0 Å². The Hall–Kier alpha value is -4.14. The highest BCUT2D eigenvalue weighted by molar-refractivity contribution is 5.98. The fraction of sp³-hybridized carbons (Fsp3) is 0.208. The van der Waals surface area contributed by atoms with E-state index in [1.165, 1.54) is 18.2 Å². The first-order valence-corrected chi connectivity index (χ1v) is 10.7. The fourth-order valence-corrected chi connectivity index (χ4v) is 4.31. The third-order valence-corrected chi connectivity index (χ3v) is 5.89. The number of carbonyl (C=O) groups excluding carboxylic acids is 1. The summed E-state index contributed by atoms with van der Waals surface area (Å²) in [5, 5.41) is 9.08. The molecule has 3 heterocycles. The summed E-state index contributed by atoms with van der Waals surface area (Å²) in [5.74, 6) is 1.02. The van der Waals surface area contributed by atoms with Crippen LogP contribution in [0.15, 0.2) is 66.3 Å². The van der Waals surface area contributed by atoms with E-state index in [9.17, 15) is 9.18 Å². The van der Waals surface area contributed by atoms with E-state index in [-0.39, 0.29) is 17.6 Å². The van der Waals surface area contributed by atoms with Crippen LogP contribution in [0.5, 0.6) is 11.5 Å². The topological polar surface area (TPSA) is 97.8 Å². The number of aromatic nitrogens is 2. The molecule has 2 aliphatic rings. The highest BCUT2D eigenvalue weighted by Gasteiger charge is 2.33. The molecule has 1 atom stereocenters. The predicted octanol–water partition coefficient (Wildman–Crippen LogP) is 3.03. The average molecular weight is 446 g/mol. The molecule has 33 heavy (non-hydrogen) atoms. The molecule has 8 nitrogen and oxygen atoms in total. The van der Waals surface area contributed by atoms with E-state index in [2.05, 4.69) is 17.1 Å². The maximum Gasteiger partial charge on any atom is 0.245 e. The molecular weight excluding hydrogens is 423 g/mol. The number of likely N-dealkylation sites (tertiary alicyclic amines) is 1. The van der Waals surface area contributed by atoms with Gasteiger partial charge in [-0.3, -0.25) is 4.79 Å². The van der Waals surface area contributed by atoms with Crippen molar-refractivity contribution in [3.05, 3.63) is 84.0 Å². The minimum Gasteiger partial charge on any atom is -0.457 e. The molecule has 1 fully saturated rings. The van der Waals surface area contributed by atoms with Gasteiger partial charge in [-0.1, -0.05) is 12.6 Å². The van der Waals surface area contributed by atoms with Gasteiger partial charge in [-0.15, -0.1) is 0 Å². The third kappa shape index (κ3) is 3.93. The summed E-state index contributed by atoms with van der Waals surface area (Å²) in [5.41, 5.74) is 12.6. The molecule has 2 aromatic carbocycles. The number of nitrogens with two attached hydrogens (primary N) is 1. The third-order valence-electron chi connectivity index (χ3n) is 5.89. The van der Waals surface area contributed by atoms with Crippen molar-refractivity contribution in [2.24, 2.45) is 10.8 Å². The van der Waals surface area contributed by atoms with Gasteiger partial charge in [0.15, 0.2) is 5.84 Å². The van der Waals surface area contributed by atoms with Crippen LogP contribution in [-0.2, 0) is 11.3 Å². The Kier molecular flexibility index (Phi) is 5.29. The number of amidine groups is 1. The van der Waals surface area contributed by atoms with Crippen molar-refractivity contribution in [2.75, 3.05) is 13.1 Å². The zero-order valence-electron chi connectivity index (χ0n) is 17.9. The number of hydrogen-bond donors (Lipinski definition) is 2. The Morgan fingerprint density at radius 1 is 1.24 bits per heavy atom. The second-order valence-electron chi connectivity index (χ2n) is 7.98. The highest BCUT2D eigenvalue weighted by atomic mass is 19.1. The molecule has 168 valence electrons. The van der Waals surface area contributed by atoms with Gasteiger partial charge in [0.2, 0.25) is 5.91 Å². The largest absolute Gasteiger partial charge is 0.457 e. The number of amides is 1. The predicted molar refractivity (Wildman–Crippen MR) is 122 cm³/mol. The zero-order chi connectivity index (χ0) is 22.9. The number of ether oxygens (including phenoxy) is 1. The quantitative estimate of drug-likeness (QED) is 0.587. The monoisotopic (exact) mass is 446 g/mol. The number of benzene rings is 2. The Morgan fingerprint density at radius 3 is 2.82 bits per heavy atom. The second-order valence-corrected chi connectivity index (χ2v) is 7.98. The summed E-state index contributed by atoms with van der Waals surface area (Å²) in [6.45, 7) is 5.35. The van der Waals surface area contributed by atoms with Crippen molar-refractivity contribution in [3.63, 3.8) is 0 Å². The minimum atomic E-state index is -0.358. The second kappa shape index (κ2) is 8.42. The molecule has 0 spiro atoms. The van der Waals surface area contributed by atoms with Gasteiger partial charge in [0.05, 0.1) is 17.9 Å². The Morgan fingerprint density at radius 2 is 2.06 bits per heavy atom. The molecule has 1 saturated heterocycles. The van der Waals surface area contributed by atoms with Crippen molar-refractivity contribution in [3.8, 4) is 17.2 Å². The maximum atomic E-state index is 13.4. The molecule has 9 heteroatoms. The van der Waals surface area contributed by atoms with E-state index in [0.717, 1.165) is 29.1 Å². The number of nitrogens with one attached hydrogen (secondary N) is 1. The van der Waals surface area contributed by atoms with Crippen molar-refractivity contribution in [2.45, 2.75) is 18.9 Å². The molecular formula is C24H23FN6O2. The molecule has 5 rings (SSSR count). The molecule has 3 N–H and O–H groups in total. The molecule has 0 radical (unpaired) electrons. The Labute approximate surface area is 190 Å². The van der Waals surface area contributed by atoms with E-state index in [4.69, 9.17) is 15.6 Å². The van der Waals surface area contributed by atoms with E-state index in [1.807, 2.05) is 12.1 Å². The van der Waals surface area contributed by atoms with Crippen molar-refractivity contribution < 1.29 is 13.9 Å². The molecule has 1 amide bonds. The Balaban J connectivity index is 1.45. The lowest BCUT2D eigenvalue weighted by molar-refractivity contribution is -0.125. The first-order chi connectivity index (χ1) is 16.0. The summed E-state index contributed by atoms with van der Waals surface area (Å²) in [4.78, 5) is 13.8. The van der Waals surface area contributed by atoms with Gasteiger partial charge < -0.3 is 20.8 Å². The summed E-state index contributed by atoms with van der Waals surface area (Å²) < 4.78 is 21.0. The molecule has 3 aromatic rings. The smallest absolute Gasteiger partial charge is 0.245 e. The van der Waals surface area contributed by atoms with Crippen molar-refractivity contribution in [1.82, 2.24) is 20.1 Å². The molecule has 0 bridgehead atoms. The number of nitrogens with zero attached hydrogens (tertiary/aromatic N) is 4. The van der Waals surface area contributed by atoms with Crippen molar-refractivity contribution in [1.29, 1.82) is 0 Å². The normalized spacial score (nSPS) is 17.2. The summed E-state index contributed by atoms with van der Waals surface area (Å²) >= 11 is 0. The average Bonchev–Trinajstić information content (AvgIpc) is 3.45. The first-order valence-electron chi connectivity index (χ1n) is 10.7. The number of hydrogen-bond acceptors (Lipinski definition) is 6. The maximum absolute atomic E-state index is 13.4. The fourth-order valence-electron chi connectivity index (χ4n) is 4.31. The van der Waals surface area contributed by atoms with Crippen LogP contribution in [0.3, 0.4) is 0 Å². The molecule has 0 saturated carbocycles. The van der Waals surface area contributed by atoms with Crippen LogP contribution >= 0.6 is 0 Å². The first kappa shape index (κ1) is 20.7. The summed E-state index contributed by atoms with van der Waals surface area (Å²) in [7, 11) is 0. The number of fused-ring (bicyclic) bond motifs is 1. The van der Waals surface area contributed by atoms with E-state index < -0.39 is 0 Å². The van der Waals surface area contributed by atoms with Gasteiger partial charge in [0, 0.05) is 30.6 Å². The van der Waals surface area contributed by atoms with Gasteiger partial charge in [-0.2, -0.15) is 10.2 Å². The molecule has 2 aliphatic heterocycles. The molecule has 0 unspecified atom stereocenters. The molecule has 1 aromatic heterocycles. The highest BCUT2D eigenvalue weighted by Crippen LogP contribution is 2.33.